The molecular formula is C15H13N3. The summed E-state index contributed by atoms with van der Waals surface area (Å²) in [5.41, 5.74) is 4.53. The molecule has 0 radical (unpaired) electrons. The van der Waals surface area contributed by atoms with Gasteiger partial charge in [0.15, 0.2) is 0 Å². The van der Waals surface area contributed by atoms with Gasteiger partial charge in [-0.25, -0.2) is 0 Å². The highest BCUT2D eigenvalue weighted by Gasteiger charge is 2.09. The van der Waals surface area contributed by atoms with Crippen LogP contribution in [0.15, 0.2) is 30.3 Å². The minimum absolute atomic E-state index is 0.652. The minimum atomic E-state index is 0.652. The fraction of sp³-hybridized carbons (Fsp3) is 0.200. The maximum atomic E-state index is 9.16. The molecule has 88 valence electrons. The van der Waals surface area contributed by atoms with Gasteiger partial charge < -0.3 is 4.57 Å². The van der Waals surface area contributed by atoms with E-state index < -0.39 is 0 Å². The number of rotatable bonds is 2. The molecule has 0 atom stereocenters. The molecule has 1 aromatic heterocycles. The first kappa shape index (κ1) is 12.0. The number of nitriles is 2. The molecule has 0 spiro atoms. The first-order valence-electron chi connectivity index (χ1n) is 5.71. The second-order valence-corrected chi connectivity index (χ2v) is 4.32. The van der Waals surface area contributed by atoms with E-state index in [9.17, 15) is 0 Å². The Bertz CT molecular complexity index is 649. The summed E-state index contributed by atoms with van der Waals surface area (Å²) in [6.45, 7) is 4.60. The minimum Gasteiger partial charge on any atom is -0.332 e. The van der Waals surface area contributed by atoms with Crippen LogP contribution in [0.4, 0.5) is 0 Å². The molecule has 3 nitrogen and oxygen atoms in total. The van der Waals surface area contributed by atoms with Gasteiger partial charge in [-0.15, -0.1) is 0 Å². The number of aryl methyl sites for hydroxylation is 2. The summed E-state index contributed by atoms with van der Waals surface area (Å²) in [6.07, 6.45) is 0. The molecule has 0 unspecified atom stereocenters. The third-order valence-corrected chi connectivity index (χ3v) is 3.02. The number of nitrogens with zero attached hydrogens (tertiary/aromatic N) is 3. The van der Waals surface area contributed by atoms with Gasteiger partial charge in [-0.2, -0.15) is 10.5 Å². The van der Waals surface area contributed by atoms with Gasteiger partial charge in [0.05, 0.1) is 11.6 Å². The highest BCUT2D eigenvalue weighted by atomic mass is 15.0. The van der Waals surface area contributed by atoms with Crippen molar-refractivity contribution in [3.05, 3.63) is 58.4 Å². The normalized spacial score (nSPS) is 9.78. The summed E-state index contributed by atoms with van der Waals surface area (Å²) in [7, 11) is 0. The van der Waals surface area contributed by atoms with E-state index in [-0.39, 0.29) is 0 Å². The van der Waals surface area contributed by atoms with Crippen molar-refractivity contribution < 1.29 is 0 Å². The molecule has 0 aliphatic rings. The quantitative estimate of drug-likeness (QED) is 0.803. The van der Waals surface area contributed by atoms with Gasteiger partial charge >= 0.3 is 0 Å². The standard InChI is InChI=1S/C15H13N3/c1-11-7-12(2)18(15(11)9-17)10-14-5-3-13(8-16)4-6-14/h3-7H,10H2,1-2H3. The van der Waals surface area contributed by atoms with Crippen molar-refractivity contribution in [1.29, 1.82) is 10.5 Å². The second kappa shape index (κ2) is 4.77. The topological polar surface area (TPSA) is 52.5 Å². The average molecular weight is 235 g/mol. The molecule has 18 heavy (non-hydrogen) atoms. The molecule has 1 aromatic carbocycles. The molecule has 0 N–H and O–H groups in total. The molecule has 0 amide bonds. The van der Waals surface area contributed by atoms with Gasteiger partial charge in [0.1, 0.15) is 11.8 Å². The van der Waals surface area contributed by atoms with Crippen molar-refractivity contribution in [2.75, 3.05) is 0 Å². The lowest BCUT2D eigenvalue weighted by Gasteiger charge is -2.08. The van der Waals surface area contributed by atoms with Crippen LogP contribution < -0.4 is 0 Å². The highest BCUT2D eigenvalue weighted by molar-refractivity contribution is 5.37. The van der Waals surface area contributed by atoms with Crippen LogP contribution in [0.3, 0.4) is 0 Å². The molecule has 0 saturated carbocycles. The van der Waals surface area contributed by atoms with E-state index in [1.165, 1.54) is 0 Å². The van der Waals surface area contributed by atoms with Crippen molar-refractivity contribution in [3.8, 4) is 12.1 Å². The lowest BCUT2D eigenvalue weighted by atomic mass is 10.1. The van der Waals surface area contributed by atoms with Gasteiger partial charge in [0.25, 0.3) is 0 Å². The highest BCUT2D eigenvalue weighted by Crippen LogP contribution is 2.16. The van der Waals surface area contributed by atoms with Crippen LogP contribution in [0.25, 0.3) is 0 Å². The predicted molar refractivity (Wildman–Crippen MR) is 68.9 cm³/mol. The number of benzene rings is 1. The molecule has 2 aromatic rings. The van der Waals surface area contributed by atoms with Gasteiger partial charge in [0.2, 0.25) is 0 Å². The smallest absolute Gasteiger partial charge is 0.123 e. The molecule has 0 saturated heterocycles. The first-order chi connectivity index (χ1) is 8.65. The first-order valence-corrected chi connectivity index (χ1v) is 5.71. The van der Waals surface area contributed by atoms with Crippen molar-refractivity contribution in [2.24, 2.45) is 0 Å². The molecule has 0 aliphatic carbocycles. The van der Waals surface area contributed by atoms with Gasteiger partial charge in [0, 0.05) is 12.2 Å². The van der Waals surface area contributed by atoms with Gasteiger partial charge in [-0.3, -0.25) is 0 Å². The lowest BCUT2D eigenvalue weighted by molar-refractivity contribution is 0.763. The van der Waals surface area contributed by atoms with Crippen LogP contribution in [0, 0.1) is 36.5 Å². The molecule has 0 fully saturated rings. The Morgan fingerprint density at radius 3 is 2.28 bits per heavy atom. The fourth-order valence-electron chi connectivity index (χ4n) is 2.07. The Balaban J connectivity index is 2.35. The SMILES string of the molecule is Cc1cc(C)n(Cc2ccc(C#N)cc2)c1C#N. The Labute approximate surface area is 107 Å². The zero-order valence-electron chi connectivity index (χ0n) is 10.4. The number of aromatic nitrogens is 1. The summed E-state index contributed by atoms with van der Waals surface area (Å²) in [5.74, 6) is 0. The summed E-state index contributed by atoms with van der Waals surface area (Å²) < 4.78 is 2.00. The van der Waals surface area contributed by atoms with E-state index >= 15 is 0 Å². The maximum absolute atomic E-state index is 9.16. The van der Waals surface area contributed by atoms with E-state index in [0.717, 1.165) is 16.8 Å². The van der Waals surface area contributed by atoms with Gasteiger partial charge in [-0.1, -0.05) is 12.1 Å². The summed E-state index contributed by atoms with van der Waals surface area (Å²) in [6, 6.07) is 13.8. The van der Waals surface area contributed by atoms with Gasteiger partial charge in [-0.05, 0) is 43.2 Å². The lowest BCUT2D eigenvalue weighted by Crippen LogP contribution is -2.04. The Morgan fingerprint density at radius 1 is 1.06 bits per heavy atom. The van der Waals surface area contributed by atoms with Crippen molar-refractivity contribution in [2.45, 2.75) is 20.4 Å². The molecule has 2 rings (SSSR count). The predicted octanol–water partition coefficient (Wildman–Crippen LogP) is 2.90. The number of hydrogen-bond acceptors (Lipinski definition) is 2. The van der Waals surface area contributed by atoms with E-state index in [4.69, 9.17) is 10.5 Å². The van der Waals surface area contributed by atoms with E-state index in [0.29, 0.717) is 17.8 Å². The van der Waals surface area contributed by atoms with E-state index in [1.807, 2.05) is 36.6 Å². The fourth-order valence-corrected chi connectivity index (χ4v) is 2.07. The molecule has 0 bridgehead atoms. The monoisotopic (exact) mass is 235 g/mol. The Hall–Kier alpha value is -2.52. The zero-order valence-corrected chi connectivity index (χ0v) is 10.4. The van der Waals surface area contributed by atoms with Crippen molar-refractivity contribution in [1.82, 2.24) is 4.57 Å². The number of hydrogen-bond donors (Lipinski definition) is 0. The van der Waals surface area contributed by atoms with Crippen LogP contribution >= 0.6 is 0 Å². The van der Waals surface area contributed by atoms with Crippen LogP contribution in [0.1, 0.15) is 28.1 Å². The molecule has 0 aliphatic heterocycles. The largest absolute Gasteiger partial charge is 0.332 e. The van der Waals surface area contributed by atoms with E-state index in [2.05, 4.69) is 12.1 Å². The van der Waals surface area contributed by atoms with Crippen LogP contribution in [-0.2, 0) is 6.54 Å². The van der Waals surface area contributed by atoms with Crippen LogP contribution in [0.2, 0.25) is 0 Å². The van der Waals surface area contributed by atoms with E-state index in [1.54, 1.807) is 12.1 Å². The summed E-state index contributed by atoms with van der Waals surface area (Å²) in [4.78, 5) is 0. The van der Waals surface area contributed by atoms with Crippen LogP contribution in [0.5, 0.6) is 0 Å². The third kappa shape index (κ3) is 2.12. The Kier molecular flexibility index (Phi) is 3.17. The molecule has 1 heterocycles. The third-order valence-electron chi connectivity index (χ3n) is 3.02. The summed E-state index contributed by atoms with van der Waals surface area (Å²) >= 11 is 0. The van der Waals surface area contributed by atoms with Crippen LogP contribution in [-0.4, -0.2) is 4.57 Å². The second-order valence-electron chi connectivity index (χ2n) is 4.32. The maximum Gasteiger partial charge on any atom is 0.123 e. The molecule has 3 heteroatoms. The molecular weight excluding hydrogens is 222 g/mol. The van der Waals surface area contributed by atoms with Crippen molar-refractivity contribution in [3.63, 3.8) is 0 Å². The average Bonchev–Trinajstić information content (AvgIpc) is 2.64. The summed E-state index contributed by atoms with van der Waals surface area (Å²) in [5, 5.41) is 17.9. The van der Waals surface area contributed by atoms with Crippen molar-refractivity contribution >= 4 is 0 Å². The Morgan fingerprint density at radius 2 is 1.72 bits per heavy atom. The zero-order chi connectivity index (χ0) is 13.1.